The smallest absolute Gasteiger partial charge is 0.230 e. The second-order valence-corrected chi connectivity index (χ2v) is 7.57. The number of H-pyrrole nitrogens is 1. The number of amides is 1. The van der Waals surface area contributed by atoms with Gasteiger partial charge >= 0.3 is 0 Å². The normalized spacial score (nSPS) is 12.3. The molecule has 0 bridgehead atoms. The number of carbonyl (C=O) groups is 1. The molecule has 142 valence electrons. The molecule has 0 aliphatic carbocycles. The molecule has 7 nitrogen and oxygen atoms in total. The number of aromatic nitrogens is 4. The van der Waals surface area contributed by atoms with Crippen molar-refractivity contribution in [1.29, 1.82) is 5.41 Å². The number of nitrogens with zero attached hydrogens (tertiary/aromatic N) is 3. The van der Waals surface area contributed by atoms with E-state index in [1.165, 1.54) is 11.8 Å². The van der Waals surface area contributed by atoms with Gasteiger partial charge in [0.1, 0.15) is 5.49 Å². The number of aromatic amines is 1. The summed E-state index contributed by atoms with van der Waals surface area (Å²) in [6, 6.07) is 8.05. The van der Waals surface area contributed by atoms with E-state index in [9.17, 15) is 4.79 Å². The lowest BCUT2D eigenvalue weighted by atomic mass is 10.2. The van der Waals surface area contributed by atoms with Crippen molar-refractivity contribution >= 4 is 28.7 Å². The highest BCUT2D eigenvalue weighted by Crippen LogP contribution is 2.21. The summed E-state index contributed by atoms with van der Waals surface area (Å²) >= 11 is 1.31. The van der Waals surface area contributed by atoms with Gasteiger partial charge in [-0.2, -0.15) is 5.10 Å². The standard InChI is InChI=1S/C19H24N6OS/c1-5-12(3)21-15(26)10-27-19-22-18-16(13(4)23-24-18)17(20)25(19)14-8-6-11(2)7-9-14/h6-9,12,20H,5,10H2,1-4H3,(H,21,26)(H,23,24)/t12-/m0/s1. The lowest BCUT2D eigenvalue weighted by Crippen LogP contribution is -2.33. The Morgan fingerprint density at radius 3 is 2.70 bits per heavy atom. The highest BCUT2D eigenvalue weighted by Gasteiger charge is 2.16. The quantitative estimate of drug-likeness (QED) is 0.449. The number of benzene rings is 1. The molecule has 0 aliphatic rings. The van der Waals surface area contributed by atoms with E-state index in [2.05, 4.69) is 20.5 Å². The van der Waals surface area contributed by atoms with Crippen molar-refractivity contribution in [3.05, 3.63) is 41.0 Å². The highest BCUT2D eigenvalue weighted by molar-refractivity contribution is 7.99. The van der Waals surface area contributed by atoms with Gasteiger partial charge in [0.25, 0.3) is 0 Å². The Bertz CT molecular complexity index is 1020. The third kappa shape index (κ3) is 4.05. The van der Waals surface area contributed by atoms with Gasteiger partial charge in [-0.15, -0.1) is 0 Å². The predicted molar refractivity (Wildman–Crippen MR) is 107 cm³/mol. The van der Waals surface area contributed by atoms with Gasteiger partial charge in [0.05, 0.1) is 11.1 Å². The van der Waals surface area contributed by atoms with Crippen LogP contribution in [0.1, 0.15) is 31.5 Å². The zero-order valence-corrected chi connectivity index (χ0v) is 16.8. The third-order valence-corrected chi connectivity index (χ3v) is 5.36. The van der Waals surface area contributed by atoms with E-state index in [0.29, 0.717) is 21.7 Å². The van der Waals surface area contributed by atoms with Gasteiger partial charge in [0, 0.05) is 17.4 Å². The van der Waals surface area contributed by atoms with Crippen molar-refractivity contribution in [2.45, 2.75) is 45.3 Å². The van der Waals surface area contributed by atoms with Gasteiger partial charge in [-0.3, -0.25) is 19.9 Å². The fourth-order valence-electron chi connectivity index (χ4n) is 2.71. The van der Waals surface area contributed by atoms with Gasteiger partial charge in [0.15, 0.2) is 10.8 Å². The van der Waals surface area contributed by atoms with Crippen molar-refractivity contribution in [1.82, 2.24) is 25.1 Å². The number of hydrogen-bond donors (Lipinski definition) is 3. The van der Waals surface area contributed by atoms with Crippen molar-refractivity contribution in [2.75, 3.05) is 5.75 Å². The maximum absolute atomic E-state index is 12.2. The number of fused-ring (bicyclic) bond motifs is 1. The lowest BCUT2D eigenvalue weighted by molar-refractivity contribution is -0.119. The average molecular weight is 385 g/mol. The summed E-state index contributed by atoms with van der Waals surface area (Å²) in [5.41, 5.74) is 3.58. The van der Waals surface area contributed by atoms with Crippen molar-refractivity contribution in [3.8, 4) is 5.69 Å². The molecule has 1 amide bonds. The van der Waals surface area contributed by atoms with Gasteiger partial charge in [-0.05, 0) is 39.3 Å². The largest absolute Gasteiger partial charge is 0.353 e. The monoisotopic (exact) mass is 384 g/mol. The molecule has 0 aliphatic heterocycles. The van der Waals surface area contributed by atoms with Crippen molar-refractivity contribution in [3.63, 3.8) is 0 Å². The van der Waals surface area contributed by atoms with Gasteiger partial charge in [0.2, 0.25) is 5.91 Å². The topological polar surface area (TPSA) is 99.5 Å². The molecule has 3 rings (SSSR count). The van der Waals surface area contributed by atoms with E-state index < -0.39 is 0 Å². The fraction of sp³-hybridized carbons (Fsp3) is 0.368. The molecule has 0 unspecified atom stereocenters. The van der Waals surface area contributed by atoms with Crippen LogP contribution in [0.3, 0.4) is 0 Å². The lowest BCUT2D eigenvalue weighted by Gasteiger charge is -2.14. The Kier molecular flexibility index (Phi) is 5.65. The molecule has 2 aromatic heterocycles. The zero-order valence-electron chi connectivity index (χ0n) is 16.0. The summed E-state index contributed by atoms with van der Waals surface area (Å²) in [6.07, 6.45) is 0.882. The molecule has 3 N–H and O–H groups in total. The summed E-state index contributed by atoms with van der Waals surface area (Å²) in [6.45, 7) is 7.91. The number of rotatable bonds is 6. The van der Waals surface area contributed by atoms with Crippen LogP contribution in [0.25, 0.3) is 16.7 Å². The van der Waals surface area contributed by atoms with E-state index in [4.69, 9.17) is 5.41 Å². The first-order valence-electron chi connectivity index (χ1n) is 8.92. The third-order valence-electron chi connectivity index (χ3n) is 4.43. The summed E-state index contributed by atoms with van der Waals surface area (Å²) in [5.74, 6) is 0.189. The maximum atomic E-state index is 12.2. The van der Waals surface area contributed by atoms with E-state index in [1.54, 1.807) is 4.57 Å². The molecule has 3 aromatic rings. The van der Waals surface area contributed by atoms with Crippen LogP contribution >= 0.6 is 11.8 Å². The van der Waals surface area contributed by atoms with E-state index >= 15 is 0 Å². The summed E-state index contributed by atoms with van der Waals surface area (Å²) in [7, 11) is 0. The Hall–Kier alpha value is -2.61. The van der Waals surface area contributed by atoms with Crippen molar-refractivity contribution in [2.24, 2.45) is 0 Å². The first-order chi connectivity index (χ1) is 12.9. The molecule has 2 heterocycles. The second kappa shape index (κ2) is 7.96. The van der Waals surface area contributed by atoms with Crippen LogP contribution in [0.15, 0.2) is 29.4 Å². The zero-order chi connectivity index (χ0) is 19.6. The molecular formula is C19H24N6OS. The van der Waals surface area contributed by atoms with E-state index in [1.807, 2.05) is 52.0 Å². The minimum Gasteiger partial charge on any atom is -0.353 e. The van der Waals surface area contributed by atoms with Crippen LogP contribution in [-0.4, -0.2) is 37.5 Å². The van der Waals surface area contributed by atoms with Gasteiger partial charge in [-0.25, -0.2) is 4.98 Å². The van der Waals surface area contributed by atoms with Crippen LogP contribution in [0.2, 0.25) is 0 Å². The first kappa shape index (κ1) is 19.2. The molecule has 27 heavy (non-hydrogen) atoms. The summed E-state index contributed by atoms with van der Waals surface area (Å²) in [5, 5.41) is 20.0. The van der Waals surface area contributed by atoms with Gasteiger partial charge < -0.3 is 5.32 Å². The number of thioether (sulfide) groups is 1. The molecule has 0 fully saturated rings. The molecule has 8 heteroatoms. The molecule has 1 aromatic carbocycles. The van der Waals surface area contributed by atoms with Crippen LogP contribution in [0.4, 0.5) is 0 Å². The Balaban J connectivity index is 2.02. The van der Waals surface area contributed by atoms with Crippen LogP contribution < -0.4 is 10.8 Å². The fourth-order valence-corrected chi connectivity index (χ4v) is 3.53. The minimum absolute atomic E-state index is 0.0450. The number of aryl methyl sites for hydroxylation is 2. The number of carbonyl (C=O) groups excluding carboxylic acids is 1. The van der Waals surface area contributed by atoms with Crippen molar-refractivity contribution < 1.29 is 4.79 Å². The average Bonchev–Trinajstić information content (AvgIpc) is 3.02. The summed E-state index contributed by atoms with van der Waals surface area (Å²) in [4.78, 5) is 16.8. The number of hydrogen-bond acceptors (Lipinski definition) is 5. The molecule has 0 radical (unpaired) electrons. The van der Waals surface area contributed by atoms with Crippen LogP contribution in [0.5, 0.6) is 0 Å². The minimum atomic E-state index is -0.0450. The molecule has 0 saturated carbocycles. The highest BCUT2D eigenvalue weighted by atomic mass is 32.2. The molecule has 0 spiro atoms. The number of nitrogens with one attached hydrogen (secondary N) is 3. The Labute approximate surface area is 162 Å². The SMILES string of the molecule is CC[C@H](C)NC(=O)CSc1nc2n[nH]c(C)c2c(=N)n1-c1ccc(C)cc1. The molecule has 1 atom stereocenters. The van der Waals surface area contributed by atoms with Crippen LogP contribution in [-0.2, 0) is 4.79 Å². The Morgan fingerprint density at radius 1 is 1.33 bits per heavy atom. The van der Waals surface area contributed by atoms with E-state index in [-0.39, 0.29) is 17.7 Å². The van der Waals surface area contributed by atoms with Crippen LogP contribution in [0, 0.1) is 19.3 Å². The predicted octanol–water partition coefficient (Wildman–Crippen LogP) is 2.85. The summed E-state index contributed by atoms with van der Waals surface area (Å²) < 4.78 is 1.77. The first-order valence-corrected chi connectivity index (χ1v) is 9.90. The van der Waals surface area contributed by atoms with E-state index in [0.717, 1.165) is 23.4 Å². The molecular weight excluding hydrogens is 360 g/mol. The molecule has 0 saturated heterocycles. The Morgan fingerprint density at radius 2 is 2.04 bits per heavy atom. The van der Waals surface area contributed by atoms with Gasteiger partial charge in [-0.1, -0.05) is 36.4 Å². The second-order valence-electron chi connectivity index (χ2n) is 6.63. The maximum Gasteiger partial charge on any atom is 0.230 e.